The Bertz CT molecular complexity index is 1300. The van der Waals surface area contributed by atoms with Crippen LogP contribution in [0.15, 0.2) is 73.1 Å². The predicted molar refractivity (Wildman–Crippen MR) is 119 cm³/mol. The van der Waals surface area contributed by atoms with Crippen LogP contribution < -0.4 is 16.4 Å². The molecular formula is C23H20N6O3. The molecule has 0 radical (unpaired) electrons. The summed E-state index contributed by atoms with van der Waals surface area (Å²) >= 11 is 0. The van der Waals surface area contributed by atoms with Crippen LogP contribution in [0.4, 0.5) is 5.69 Å². The van der Waals surface area contributed by atoms with E-state index in [2.05, 4.69) is 20.7 Å². The fourth-order valence-corrected chi connectivity index (χ4v) is 3.25. The van der Waals surface area contributed by atoms with Crippen LogP contribution >= 0.6 is 0 Å². The van der Waals surface area contributed by atoms with Gasteiger partial charge in [0.05, 0.1) is 23.1 Å². The summed E-state index contributed by atoms with van der Waals surface area (Å²) in [6.45, 7) is 0.108. The van der Waals surface area contributed by atoms with Gasteiger partial charge in [0, 0.05) is 24.7 Å². The molecule has 4 aromatic rings. The van der Waals surface area contributed by atoms with E-state index >= 15 is 0 Å². The number of rotatable bonds is 7. The number of anilines is 1. The molecule has 0 unspecified atom stereocenters. The van der Waals surface area contributed by atoms with E-state index in [-0.39, 0.29) is 24.1 Å². The molecule has 32 heavy (non-hydrogen) atoms. The van der Waals surface area contributed by atoms with E-state index in [0.29, 0.717) is 11.3 Å². The smallest absolute Gasteiger partial charge is 0.261 e. The lowest BCUT2D eigenvalue weighted by Crippen LogP contribution is -2.28. The molecule has 4 rings (SSSR count). The zero-order valence-corrected chi connectivity index (χ0v) is 17.0. The summed E-state index contributed by atoms with van der Waals surface area (Å²) in [7, 11) is 0. The van der Waals surface area contributed by atoms with Crippen LogP contribution in [0.1, 0.15) is 27.1 Å². The van der Waals surface area contributed by atoms with E-state index < -0.39 is 17.7 Å². The predicted octanol–water partition coefficient (Wildman–Crippen LogP) is 2.25. The van der Waals surface area contributed by atoms with Gasteiger partial charge in [-0.3, -0.25) is 14.4 Å². The van der Waals surface area contributed by atoms with Crippen LogP contribution in [0, 0.1) is 0 Å². The van der Waals surface area contributed by atoms with Crippen molar-refractivity contribution in [3.8, 4) is 11.3 Å². The van der Waals surface area contributed by atoms with E-state index in [1.807, 2.05) is 36.4 Å². The molecule has 4 N–H and O–H groups in total. The number of para-hydroxylation sites is 1. The summed E-state index contributed by atoms with van der Waals surface area (Å²) < 4.78 is 1.60. The zero-order valence-electron chi connectivity index (χ0n) is 17.0. The molecular weight excluding hydrogens is 408 g/mol. The molecule has 2 aromatic heterocycles. The molecule has 0 saturated carbocycles. The Labute approximate surface area is 183 Å². The van der Waals surface area contributed by atoms with Crippen molar-refractivity contribution in [2.75, 3.05) is 11.9 Å². The maximum absolute atomic E-state index is 13.0. The van der Waals surface area contributed by atoms with Crippen LogP contribution in [0.5, 0.6) is 0 Å². The first-order valence-corrected chi connectivity index (χ1v) is 9.89. The van der Waals surface area contributed by atoms with Crippen LogP contribution in [-0.4, -0.2) is 38.9 Å². The SMILES string of the molecule is NC(=O)CCNC(=O)c1ccccc1NC(=O)c1cnn2c(-c3ccccc3)ccnc12. The normalized spacial score (nSPS) is 10.6. The Hall–Kier alpha value is -4.53. The van der Waals surface area contributed by atoms with Crippen molar-refractivity contribution in [2.24, 2.45) is 5.73 Å². The van der Waals surface area contributed by atoms with Crippen molar-refractivity contribution < 1.29 is 14.4 Å². The minimum Gasteiger partial charge on any atom is -0.370 e. The highest BCUT2D eigenvalue weighted by Gasteiger charge is 2.19. The number of aromatic nitrogens is 3. The second-order valence-electron chi connectivity index (χ2n) is 6.96. The molecule has 9 nitrogen and oxygen atoms in total. The molecule has 0 bridgehead atoms. The molecule has 9 heteroatoms. The fraction of sp³-hybridized carbons (Fsp3) is 0.0870. The minimum absolute atomic E-state index is 0.0259. The monoisotopic (exact) mass is 428 g/mol. The first-order chi connectivity index (χ1) is 15.5. The number of hydrogen-bond acceptors (Lipinski definition) is 5. The number of carbonyl (C=O) groups is 3. The van der Waals surface area contributed by atoms with Gasteiger partial charge >= 0.3 is 0 Å². The highest BCUT2D eigenvalue weighted by atomic mass is 16.2. The Morgan fingerprint density at radius 3 is 2.44 bits per heavy atom. The van der Waals surface area contributed by atoms with Crippen LogP contribution in [0.2, 0.25) is 0 Å². The first kappa shape index (κ1) is 20.7. The zero-order chi connectivity index (χ0) is 22.5. The molecule has 2 aromatic carbocycles. The molecule has 3 amide bonds. The highest BCUT2D eigenvalue weighted by Crippen LogP contribution is 2.22. The molecule has 0 aliphatic heterocycles. The average molecular weight is 428 g/mol. The van der Waals surface area contributed by atoms with E-state index in [4.69, 9.17) is 5.73 Å². The van der Waals surface area contributed by atoms with Crippen molar-refractivity contribution in [3.63, 3.8) is 0 Å². The summed E-state index contributed by atoms with van der Waals surface area (Å²) in [5.74, 6) is -1.39. The number of carbonyl (C=O) groups excluding carboxylic acids is 3. The second kappa shape index (κ2) is 9.09. The molecule has 0 fully saturated rings. The number of amides is 3. The third kappa shape index (κ3) is 4.31. The Balaban J connectivity index is 1.59. The number of hydrogen-bond donors (Lipinski definition) is 3. The maximum atomic E-state index is 13.0. The van der Waals surface area contributed by atoms with Gasteiger partial charge in [0.25, 0.3) is 11.8 Å². The average Bonchev–Trinajstić information content (AvgIpc) is 3.24. The summed E-state index contributed by atoms with van der Waals surface area (Å²) in [6.07, 6.45) is 3.09. The van der Waals surface area contributed by atoms with Gasteiger partial charge in [-0.25, -0.2) is 9.50 Å². The number of nitrogens with zero attached hydrogens (tertiary/aromatic N) is 3. The van der Waals surface area contributed by atoms with Crippen LogP contribution in [0.25, 0.3) is 16.9 Å². The maximum Gasteiger partial charge on any atom is 0.261 e. The second-order valence-corrected chi connectivity index (χ2v) is 6.96. The van der Waals surface area contributed by atoms with Crippen molar-refractivity contribution in [2.45, 2.75) is 6.42 Å². The summed E-state index contributed by atoms with van der Waals surface area (Å²) in [4.78, 5) is 40.7. The van der Waals surface area contributed by atoms with Gasteiger partial charge in [0.2, 0.25) is 5.91 Å². The van der Waals surface area contributed by atoms with Gasteiger partial charge in [-0.2, -0.15) is 5.10 Å². The number of fused-ring (bicyclic) bond motifs is 1. The number of nitrogens with one attached hydrogen (secondary N) is 2. The number of nitrogens with two attached hydrogens (primary N) is 1. The molecule has 0 aliphatic carbocycles. The molecule has 0 atom stereocenters. The summed E-state index contributed by atoms with van der Waals surface area (Å²) in [5.41, 5.74) is 8.09. The van der Waals surface area contributed by atoms with E-state index in [1.165, 1.54) is 6.20 Å². The summed E-state index contributed by atoms with van der Waals surface area (Å²) in [5, 5.41) is 9.72. The molecule has 0 spiro atoms. The lowest BCUT2D eigenvalue weighted by Gasteiger charge is -2.11. The Morgan fingerprint density at radius 1 is 0.906 bits per heavy atom. The highest BCUT2D eigenvalue weighted by molar-refractivity contribution is 6.11. The number of primary amides is 1. The molecule has 0 aliphatic rings. The molecule has 160 valence electrons. The van der Waals surface area contributed by atoms with Crippen LogP contribution in [-0.2, 0) is 4.79 Å². The van der Waals surface area contributed by atoms with Gasteiger partial charge in [-0.15, -0.1) is 0 Å². The third-order valence-corrected chi connectivity index (χ3v) is 4.79. The van der Waals surface area contributed by atoms with Gasteiger partial charge in [0.1, 0.15) is 5.56 Å². The van der Waals surface area contributed by atoms with Crippen molar-refractivity contribution in [1.29, 1.82) is 0 Å². The minimum atomic E-state index is -0.512. The fourth-order valence-electron chi connectivity index (χ4n) is 3.25. The topological polar surface area (TPSA) is 131 Å². The van der Waals surface area contributed by atoms with Gasteiger partial charge in [0.15, 0.2) is 5.65 Å². The molecule has 0 saturated heterocycles. The van der Waals surface area contributed by atoms with E-state index in [0.717, 1.165) is 11.3 Å². The lowest BCUT2D eigenvalue weighted by atomic mass is 10.1. The van der Waals surface area contributed by atoms with Crippen molar-refractivity contribution in [3.05, 3.63) is 84.2 Å². The van der Waals surface area contributed by atoms with Crippen molar-refractivity contribution >= 4 is 29.1 Å². The first-order valence-electron chi connectivity index (χ1n) is 9.89. The Kier molecular flexibility index (Phi) is 5.89. The molecule has 2 heterocycles. The van der Waals surface area contributed by atoms with Crippen molar-refractivity contribution in [1.82, 2.24) is 19.9 Å². The lowest BCUT2D eigenvalue weighted by molar-refractivity contribution is -0.117. The van der Waals surface area contributed by atoms with Gasteiger partial charge in [-0.05, 0) is 18.2 Å². The van der Waals surface area contributed by atoms with Gasteiger partial charge in [-0.1, -0.05) is 42.5 Å². The Morgan fingerprint density at radius 2 is 1.66 bits per heavy atom. The third-order valence-electron chi connectivity index (χ3n) is 4.79. The van der Waals surface area contributed by atoms with E-state index in [1.54, 1.807) is 35.0 Å². The van der Waals surface area contributed by atoms with Crippen LogP contribution in [0.3, 0.4) is 0 Å². The quantitative estimate of drug-likeness (QED) is 0.415. The summed E-state index contributed by atoms with van der Waals surface area (Å²) in [6, 6.07) is 18.1. The largest absolute Gasteiger partial charge is 0.370 e. The van der Waals surface area contributed by atoms with Gasteiger partial charge < -0.3 is 16.4 Å². The van der Waals surface area contributed by atoms with E-state index in [9.17, 15) is 14.4 Å². The number of benzene rings is 2. The standard InChI is InChI=1S/C23H20N6O3/c24-20(30)11-13-26-22(31)16-8-4-5-9-18(16)28-23(32)17-14-27-29-19(10-12-25-21(17)29)15-6-2-1-3-7-15/h1-10,12,14H,11,13H2,(H2,24,30)(H,26,31)(H,28,32).